The number of halogens is 3. The van der Waals surface area contributed by atoms with E-state index in [2.05, 4.69) is 25.1 Å². The zero-order chi connectivity index (χ0) is 23.7. The van der Waals surface area contributed by atoms with E-state index in [4.69, 9.17) is 11.5 Å². The summed E-state index contributed by atoms with van der Waals surface area (Å²) < 4.78 is 47.9. The third kappa shape index (κ3) is 4.10. The van der Waals surface area contributed by atoms with Gasteiger partial charge in [0.2, 0.25) is 0 Å². The highest BCUT2D eigenvalue weighted by atomic mass is 19.2. The van der Waals surface area contributed by atoms with Crippen molar-refractivity contribution in [1.82, 2.24) is 25.1 Å². The zero-order valence-corrected chi connectivity index (χ0v) is 17.3. The number of aromatic nitrogens is 4. The number of carbonyl (C=O) groups excluding carboxylic acids is 1. The SMILES string of the molecule is COC(=O)NCc1c(N)nc(-n2nc(Cc3c(F)ccc(F)c3F)c3ccccc32)nc1N. The summed E-state index contributed by atoms with van der Waals surface area (Å²) in [4.78, 5) is 19.7. The summed E-state index contributed by atoms with van der Waals surface area (Å²) in [6.07, 6.45) is -0.993. The predicted molar refractivity (Wildman–Crippen MR) is 114 cm³/mol. The minimum atomic E-state index is -1.28. The molecule has 1 amide bonds. The number of ether oxygens (including phenoxy) is 1. The van der Waals surface area contributed by atoms with Crippen LogP contribution in [0.15, 0.2) is 36.4 Å². The molecule has 0 radical (unpaired) electrons. The summed E-state index contributed by atoms with van der Waals surface area (Å²) in [6, 6.07) is 8.44. The molecule has 0 fully saturated rings. The van der Waals surface area contributed by atoms with Gasteiger partial charge in [-0.05, 0) is 18.2 Å². The number of nitrogen functional groups attached to an aromatic ring is 2. The smallest absolute Gasteiger partial charge is 0.407 e. The Morgan fingerprint density at radius 3 is 2.39 bits per heavy atom. The van der Waals surface area contributed by atoms with Gasteiger partial charge in [0, 0.05) is 17.4 Å². The van der Waals surface area contributed by atoms with Gasteiger partial charge in [-0.15, -0.1) is 0 Å². The van der Waals surface area contributed by atoms with E-state index in [1.165, 1.54) is 11.8 Å². The summed E-state index contributed by atoms with van der Waals surface area (Å²) in [6.45, 7) is -0.0617. The molecule has 2 heterocycles. The van der Waals surface area contributed by atoms with Crippen molar-refractivity contribution < 1.29 is 22.7 Å². The van der Waals surface area contributed by atoms with Crippen molar-refractivity contribution in [2.75, 3.05) is 18.6 Å². The van der Waals surface area contributed by atoms with E-state index >= 15 is 0 Å². The average molecular weight is 457 g/mol. The molecule has 0 bridgehead atoms. The third-order valence-corrected chi connectivity index (χ3v) is 4.99. The topological polar surface area (TPSA) is 134 Å². The van der Waals surface area contributed by atoms with Crippen LogP contribution in [0, 0.1) is 17.5 Å². The number of hydrogen-bond donors (Lipinski definition) is 3. The minimum absolute atomic E-state index is 0.00254. The van der Waals surface area contributed by atoms with Crippen LogP contribution in [0.2, 0.25) is 0 Å². The zero-order valence-electron chi connectivity index (χ0n) is 17.3. The van der Waals surface area contributed by atoms with Crippen LogP contribution < -0.4 is 16.8 Å². The van der Waals surface area contributed by atoms with Gasteiger partial charge in [0.1, 0.15) is 17.5 Å². The van der Waals surface area contributed by atoms with Gasteiger partial charge >= 0.3 is 6.09 Å². The number of anilines is 2. The number of hydrogen-bond acceptors (Lipinski definition) is 7. The molecule has 170 valence electrons. The lowest BCUT2D eigenvalue weighted by Crippen LogP contribution is -2.24. The summed E-state index contributed by atoms with van der Waals surface area (Å²) in [5.74, 6) is -3.32. The first-order chi connectivity index (χ1) is 15.8. The Morgan fingerprint density at radius 1 is 1.03 bits per heavy atom. The molecule has 12 heteroatoms. The lowest BCUT2D eigenvalue weighted by molar-refractivity contribution is 0.170. The Morgan fingerprint density at radius 2 is 1.70 bits per heavy atom. The molecule has 0 saturated heterocycles. The number of rotatable bonds is 5. The number of nitrogens with two attached hydrogens (primary N) is 2. The number of amides is 1. The summed E-state index contributed by atoms with van der Waals surface area (Å²) in [5.41, 5.74) is 12.6. The second-order valence-electron chi connectivity index (χ2n) is 6.99. The van der Waals surface area contributed by atoms with Gasteiger partial charge < -0.3 is 21.5 Å². The number of benzene rings is 2. The maximum Gasteiger partial charge on any atom is 0.407 e. The van der Waals surface area contributed by atoms with Gasteiger partial charge in [0.15, 0.2) is 11.6 Å². The van der Waals surface area contributed by atoms with Gasteiger partial charge in [-0.3, -0.25) is 0 Å². The number of para-hydroxylation sites is 1. The van der Waals surface area contributed by atoms with Crippen LogP contribution in [0.3, 0.4) is 0 Å². The number of fused-ring (bicyclic) bond motifs is 1. The van der Waals surface area contributed by atoms with E-state index < -0.39 is 29.1 Å². The second kappa shape index (κ2) is 8.65. The van der Waals surface area contributed by atoms with Gasteiger partial charge in [0.25, 0.3) is 5.95 Å². The predicted octanol–water partition coefficient (Wildman–Crippen LogP) is 2.84. The van der Waals surface area contributed by atoms with Gasteiger partial charge in [0.05, 0.1) is 30.4 Å². The average Bonchev–Trinajstić information content (AvgIpc) is 3.17. The van der Waals surface area contributed by atoms with E-state index in [1.807, 2.05) is 0 Å². The van der Waals surface area contributed by atoms with Gasteiger partial charge in [-0.2, -0.15) is 19.7 Å². The molecule has 0 saturated carbocycles. The van der Waals surface area contributed by atoms with Crippen LogP contribution in [0.1, 0.15) is 16.8 Å². The maximum absolute atomic E-state index is 14.2. The first-order valence-electron chi connectivity index (χ1n) is 9.63. The molecular weight excluding hydrogens is 439 g/mol. The molecule has 0 atom stereocenters. The van der Waals surface area contributed by atoms with Crippen LogP contribution in [-0.4, -0.2) is 33.0 Å². The number of nitrogens with zero attached hydrogens (tertiary/aromatic N) is 4. The fourth-order valence-corrected chi connectivity index (χ4v) is 3.33. The molecule has 33 heavy (non-hydrogen) atoms. The standard InChI is InChI=1S/C21H18F3N7O2/c1-33-21(32)27-9-12-18(25)28-20(29-19(12)26)31-16-5-3-2-4-10(16)15(30-31)8-11-13(22)6-7-14(23)17(11)24/h2-7H,8-9H2,1H3,(H,27,32)(H4,25,26,28,29). The van der Waals surface area contributed by atoms with Crippen molar-refractivity contribution in [3.05, 3.63) is 70.7 Å². The number of alkyl carbamates (subject to hydrolysis) is 1. The van der Waals surface area contributed by atoms with Crippen molar-refractivity contribution in [3.8, 4) is 5.95 Å². The molecular formula is C21H18F3N7O2. The van der Waals surface area contributed by atoms with Crippen LogP contribution in [0.25, 0.3) is 16.9 Å². The molecule has 0 spiro atoms. The molecule has 9 nitrogen and oxygen atoms in total. The highest BCUT2D eigenvalue weighted by molar-refractivity contribution is 5.83. The van der Waals surface area contributed by atoms with Gasteiger partial charge in [-0.1, -0.05) is 18.2 Å². The molecule has 2 aromatic carbocycles. The highest BCUT2D eigenvalue weighted by Gasteiger charge is 2.21. The monoisotopic (exact) mass is 457 g/mol. The molecule has 4 aromatic rings. The lowest BCUT2D eigenvalue weighted by Gasteiger charge is -2.11. The highest BCUT2D eigenvalue weighted by Crippen LogP contribution is 2.27. The van der Waals surface area contributed by atoms with Crippen LogP contribution in [0.5, 0.6) is 0 Å². The van der Waals surface area contributed by atoms with E-state index in [0.717, 1.165) is 12.1 Å². The largest absolute Gasteiger partial charge is 0.453 e. The van der Waals surface area contributed by atoms with Crippen LogP contribution in [-0.2, 0) is 17.7 Å². The molecule has 0 aliphatic rings. The third-order valence-electron chi connectivity index (χ3n) is 4.99. The Bertz CT molecular complexity index is 1350. The molecule has 0 unspecified atom stereocenters. The van der Waals surface area contributed by atoms with Crippen LogP contribution in [0.4, 0.5) is 29.6 Å². The second-order valence-corrected chi connectivity index (χ2v) is 6.99. The van der Waals surface area contributed by atoms with E-state index in [-0.39, 0.29) is 41.8 Å². The normalized spacial score (nSPS) is 11.0. The Balaban J connectivity index is 1.77. The Kier molecular flexibility index (Phi) is 5.73. The van der Waals surface area contributed by atoms with Crippen molar-refractivity contribution in [1.29, 1.82) is 0 Å². The maximum atomic E-state index is 14.2. The number of nitrogens with one attached hydrogen (secondary N) is 1. The molecule has 4 rings (SSSR count). The van der Waals surface area contributed by atoms with E-state index in [0.29, 0.717) is 10.9 Å². The van der Waals surface area contributed by atoms with Gasteiger partial charge in [-0.25, -0.2) is 18.0 Å². The summed E-state index contributed by atoms with van der Waals surface area (Å²) in [5, 5.41) is 7.40. The fourth-order valence-electron chi connectivity index (χ4n) is 3.33. The van der Waals surface area contributed by atoms with E-state index in [1.54, 1.807) is 24.3 Å². The summed E-state index contributed by atoms with van der Waals surface area (Å²) in [7, 11) is 1.21. The number of methoxy groups -OCH3 is 1. The first-order valence-corrected chi connectivity index (χ1v) is 9.63. The molecule has 0 aliphatic heterocycles. The minimum Gasteiger partial charge on any atom is -0.453 e. The van der Waals surface area contributed by atoms with Crippen LogP contribution >= 0.6 is 0 Å². The van der Waals surface area contributed by atoms with Crippen molar-refractivity contribution in [2.24, 2.45) is 0 Å². The Hall–Kier alpha value is -4.35. The van der Waals surface area contributed by atoms with Crippen molar-refractivity contribution >= 4 is 28.6 Å². The van der Waals surface area contributed by atoms with Crippen molar-refractivity contribution in [2.45, 2.75) is 13.0 Å². The van der Waals surface area contributed by atoms with E-state index in [9.17, 15) is 18.0 Å². The molecule has 0 aliphatic carbocycles. The quantitative estimate of drug-likeness (QED) is 0.392. The Labute approximate surface area is 185 Å². The fraction of sp³-hybridized carbons (Fsp3) is 0.143. The lowest BCUT2D eigenvalue weighted by atomic mass is 10.1. The molecule has 5 N–H and O–H groups in total. The van der Waals surface area contributed by atoms with Crippen molar-refractivity contribution in [3.63, 3.8) is 0 Å². The summed E-state index contributed by atoms with van der Waals surface area (Å²) >= 11 is 0. The number of carbonyl (C=O) groups is 1. The molecule has 2 aromatic heterocycles. The first kappa shape index (κ1) is 21.9.